The summed E-state index contributed by atoms with van der Waals surface area (Å²) in [7, 11) is -3.50. The van der Waals surface area contributed by atoms with Gasteiger partial charge in [0.15, 0.2) is 0 Å². The van der Waals surface area contributed by atoms with Crippen LogP contribution in [0.25, 0.3) is 0 Å². The van der Waals surface area contributed by atoms with Crippen molar-refractivity contribution in [1.29, 1.82) is 0 Å². The summed E-state index contributed by atoms with van der Waals surface area (Å²) in [6, 6.07) is 4.88. The summed E-state index contributed by atoms with van der Waals surface area (Å²) in [4.78, 5) is 0.252. The Hall–Kier alpha value is -0.240. The number of nitrogens with zero attached hydrogens (tertiary/aromatic N) is 1. The number of thioether (sulfide) groups is 1. The zero-order chi connectivity index (χ0) is 15.0. The molecule has 0 amide bonds. The second-order valence-electron chi connectivity index (χ2n) is 5.45. The molecule has 1 aromatic carbocycles. The number of nitrogen functional groups attached to an aromatic ring is 1. The fourth-order valence-electron chi connectivity index (χ4n) is 2.10. The third-order valence-corrected chi connectivity index (χ3v) is 7.63. The Bertz CT molecular complexity index is 602. The SMILES string of the molecule is CC1(C)CCN(S(=O)(=O)c2cc(N)ccc2Br)CCS1. The first-order chi connectivity index (χ1) is 9.22. The first-order valence-electron chi connectivity index (χ1n) is 6.41. The van der Waals surface area contributed by atoms with E-state index >= 15 is 0 Å². The van der Waals surface area contributed by atoms with Crippen molar-refractivity contribution >= 4 is 43.4 Å². The molecule has 20 heavy (non-hydrogen) atoms. The number of halogens is 1. The van der Waals surface area contributed by atoms with E-state index in [0.717, 1.165) is 12.2 Å². The van der Waals surface area contributed by atoms with Crippen LogP contribution in [0.4, 0.5) is 5.69 Å². The maximum absolute atomic E-state index is 12.8. The Morgan fingerprint density at radius 1 is 1.35 bits per heavy atom. The van der Waals surface area contributed by atoms with Gasteiger partial charge >= 0.3 is 0 Å². The Morgan fingerprint density at radius 3 is 2.75 bits per heavy atom. The first kappa shape index (κ1) is 16.1. The van der Waals surface area contributed by atoms with Gasteiger partial charge < -0.3 is 5.73 Å². The molecule has 0 radical (unpaired) electrons. The van der Waals surface area contributed by atoms with Gasteiger partial charge in [-0.2, -0.15) is 16.1 Å². The van der Waals surface area contributed by atoms with Crippen molar-refractivity contribution in [1.82, 2.24) is 4.31 Å². The van der Waals surface area contributed by atoms with Gasteiger partial charge in [-0.05, 0) is 40.5 Å². The van der Waals surface area contributed by atoms with E-state index in [-0.39, 0.29) is 9.64 Å². The van der Waals surface area contributed by atoms with Gasteiger partial charge in [0.05, 0.1) is 4.90 Å². The molecule has 0 saturated carbocycles. The molecule has 0 aromatic heterocycles. The minimum atomic E-state index is -3.50. The quantitative estimate of drug-likeness (QED) is 0.803. The first-order valence-corrected chi connectivity index (χ1v) is 9.63. The molecule has 4 nitrogen and oxygen atoms in total. The number of hydrogen-bond acceptors (Lipinski definition) is 4. The fourth-order valence-corrected chi connectivity index (χ4v) is 5.72. The Balaban J connectivity index is 2.33. The molecule has 7 heteroatoms. The van der Waals surface area contributed by atoms with Crippen molar-refractivity contribution in [2.24, 2.45) is 0 Å². The third kappa shape index (κ3) is 3.50. The maximum Gasteiger partial charge on any atom is 0.244 e. The Morgan fingerprint density at radius 2 is 2.05 bits per heavy atom. The van der Waals surface area contributed by atoms with Gasteiger partial charge in [-0.3, -0.25) is 0 Å². The average molecular weight is 379 g/mol. The molecule has 1 aliphatic heterocycles. The van der Waals surface area contributed by atoms with Crippen molar-refractivity contribution in [3.63, 3.8) is 0 Å². The van der Waals surface area contributed by atoms with Gasteiger partial charge in [-0.25, -0.2) is 8.42 Å². The van der Waals surface area contributed by atoms with Crippen LogP contribution in [0.2, 0.25) is 0 Å². The van der Waals surface area contributed by atoms with Gasteiger partial charge in [0.25, 0.3) is 0 Å². The Kier molecular flexibility index (Phi) is 4.73. The lowest BCUT2D eigenvalue weighted by molar-refractivity contribution is 0.415. The highest BCUT2D eigenvalue weighted by molar-refractivity contribution is 9.10. The van der Waals surface area contributed by atoms with Crippen LogP contribution in [-0.4, -0.2) is 36.3 Å². The lowest BCUT2D eigenvalue weighted by atomic mass is 10.1. The molecule has 0 atom stereocenters. The number of rotatable bonds is 2. The van der Waals surface area contributed by atoms with Crippen LogP contribution in [-0.2, 0) is 10.0 Å². The predicted octanol–water partition coefficient (Wildman–Crippen LogP) is 2.94. The number of nitrogens with two attached hydrogens (primary N) is 1. The van der Waals surface area contributed by atoms with Crippen LogP contribution in [0.1, 0.15) is 20.3 Å². The summed E-state index contributed by atoms with van der Waals surface area (Å²) >= 11 is 5.13. The maximum atomic E-state index is 12.8. The molecule has 0 spiro atoms. The predicted molar refractivity (Wildman–Crippen MR) is 88.5 cm³/mol. The minimum Gasteiger partial charge on any atom is -0.399 e. The molecule has 112 valence electrons. The zero-order valence-electron chi connectivity index (χ0n) is 11.6. The van der Waals surface area contributed by atoms with Crippen LogP contribution >= 0.6 is 27.7 Å². The normalized spacial score (nSPS) is 20.6. The van der Waals surface area contributed by atoms with E-state index in [1.165, 1.54) is 6.07 Å². The van der Waals surface area contributed by atoms with Crippen molar-refractivity contribution in [2.45, 2.75) is 29.9 Å². The number of anilines is 1. The van der Waals surface area contributed by atoms with E-state index < -0.39 is 10.0 Å². The smallest absolute Gasteiger partial charge is 0.244 e. The molecule has 2 rings (SSSR count). The highest BCUT2D eigenvalue weighted by Crippen LogP contribution is 2.34. The van der Waals surface area contributed by atoms with Crippen molar-refractivity contribution in [3.05, 3.63) is 22.7 Å². The molecule has 1 aliphatic rings. The molecule has 0 unspecified atom stereocenters. The number of hydrogen-bond donors (Lipinski definition) is 1. The average Bonchev–Trinajstić information content (AvgIpc) is 2.53. The van der Waals surface area contributed by atoms with Gasteiger partial charge in [0, 0.05) is 33.7 Å². The highest BCUT2D eigenvalue weighted by atomic mass is 79.9. The van der Waals surface area contributed by atoms with E-state index in [1.54, 1.807) is 16.4 Å². The van der Waals surface area contributed by atoms with Crippen LogP contribution in [0.15, 0.2) is 27.6 Å². The van der Waals surface area contributed by atoms with E-state index in [9.17, 15) is 8.42 Å². The second-order valence-corrected chi connectivity index (χ2v) is 10.0. The summed E-state index contributed by atoms with van der Waals surface area (Å²) in [5.74, 6) is 0.812. The molecule has 0 aliphatic carbocycles. The van der Waals surface area contributed by atoms with Crippen molar-refractivity contribution < 1.29 is 8.42 Å². The molecule has 1 aromatic rings. The lowest BCUT2D eigenvalue weighted by Crippen LogP contribution is -2.34. The molecular formula is C13H19BrN2O2S2. The number of sulfonamides is 1. The summed E-state index contributed by atoms with van der Waals surface area (Å²) in [5.41, 5.74) is 6.17. The standard InChI is InChI=1S/C13H19BrN2O2S2/c1-13(2)5-6-16(7-8-19-13)20(17,18)12-9-10(15)3-4-11(12)14/h3-4,9H,5-8,15H2,1-2H3. The Labute approximate surface area is 133 Å². The van der Waals surface area contributed by atoms with Crippen LogP contribution in [0, 0.1) is 0 Å². The molecule has 2 N–H and O–H groups in total. The second kappa shape index (κ2) is 5.87. The minimum absolute atomic E-state index is 0.122. The molecule has 0 bridgehead atoms. The summed E-state index contributed by atoms with van der Waals surface area (Å²) in [6.07, 6.45) is 0.844. The summed E-state index contributed by atoms with van der Waals surface area (Å²) < 4.78 is 27.8. The van der Waals surface area contributed by atoms with Gasteiger partial charge in [-0.1, -0.05) is 13.8 Å². The zero-order valence-corrected chi connectivity index (χ0v) is 14.8. The van der Waals surface area contributed by atoms with E-state index in [4.69, 9.17) is 5.73 Å². The topological polar surface area (TPSA) is 63.4 Å². The number of benzene rings is 1. The van der Waals surface area contributed by atoms with Crippen molar-refractivity contribution in [3.8, 4) is 0 Å². The highest BCUT2D eigenvalue weighted by Gasteiger charge is 2.31. The lowest BCUT2D eigenvalue weighted by Gasteiger charge is -2.23. The monoisotopic (exact) mass is 378 g/mol. The van der Waals surface area contributed by atoms with Crippen LogP contribution < -0.4 is 5.73 Å². The van der Waals surface area contributed by atoms with Crippen LogP contribution in [0.5, 0.6) is 0 Å². The fraction of sp³-hybridized carbons (Fsp3) is 0.538. The molecule has 1 fully saturated rings. The largest absolute Gasteiger partial charge is 0.399 e. The van der Waals surface area contributed by atoms with Crippen LogP contribution in [0.3, 0.4) is 0 Å². The van der Waals surface area contributed by atoms with Crippen molar-refractivity contribution in [2.75, 3.05) is 24.6 Å². The third-order valence-electron chi connectivity index (χ3n) is 3.37. The molecule has 1 heterocycles. The van der Waals surface area contributed by atoms with E-state index in [2.05, 4.69) is 29.8 Å². The van der Waals surface area contributed by atoms with Gasteiger partial charge in [0.2, 0.25) is 10.0 Å². The molecular weight excluding hydrogens is 360 g/mol. The van der Waals surface area contributed by atoms with E-state index in [0.29, 0.717) is 23.2 Å². The summed E-state index contributed by atoms with van der Waals surface area (Å²) in [5, 5.41) is 0. The molecule has 1 saturated heterocycles. The van der Waals surface area contributed by atoms with Gasteiger partial charge in [0.1, 0.15) is 0 Å². The van der Waals surface area contributed by atoms with E-state index in [1.807, 2.05) is 11.8 Å². The summed E-state index contributed by atoms with van der Waals surface area (Å²) in [6.45, 7) is 5.40. The van der Waals surface area contributed by atoms with Gasteiger partial charge in [-0.15, -0.1) is 0 Å².